The number of aromatic nitrogens is 4. The molecule has 19 heavy (non-hydrogen) atoms. The van der Waals surface area contributed by atoms with Crippen molar-refractivity contribution in [3.05, 3.63) is 28.7 Å². The third-order valence-corrected chi connectivity index (χ3v) is 3.53. The predicted molar refractivity (Wildman–Crippen MR) is 77.7 cm³/mol. The molecule has 3 rings (SSSR count). The Labute approximate surface area is 114 Å². The molecule has 6 nitrogen and oxygen atoms in total. The normalized spacial score (nSPS) is 10.8. The molecule has 0 aromatic carbocycles. The molecular weight excluding hydrogens is 260 g/mol. The van der Waals surface area contributed by atoms with Gasteiger partial charge in [0, 0.05) is 13.6 Å². The average Bonchev–Trinajstić information content (AvgIpc) is 3.08. The number of H-pyrrole nitrogens is 1. The van der Waals surface area contributed by atoms with E-state index in [1.165, 1.54) is 5.56 Å². The van der Waals surface area contributed by atoms with Crippen LogP contribution in [0.3, 0.4) is 0 Å². The summed E-state index contributed by atoms with van der Waals surface area (Å²) in [5.41, 5.74) is 2.84. The first-order valence-electron chi connectivity index (χ1n) is 6.00. The van der Waals surface area contributed by atoms with Crippen LogP contribution in [0.5, 0.6) is 0 Å². The minimum Gasteiger partial charge on any atom is -0.368 e. The van der Waals surface area contributed by atoms with Gasteiger partial charge in [0.15, 0.2) is 11.5 Å². The SMILES string of the molecule is CNc1nc(NCCc2ccsc2)c2[nH]cnc2n1. The number of rotatable bonds is 5. The summed E-state index contributed by atoms with van der Waals surface area (Å²) >= 11 is 1.72. The van der Waals surface area contributed by atoms with Crippen LogP contribution in [-0.2, 0) is 6.42 Å². The molecule has 98 valence electrons. The number of nitrogens with one attached hydrogen (secondary N) is 3. The van der Waals surface area contributed by atoms with E-state index in [9.17, 15) is 0 Å². The Morgan fingerprint density at radius 2 is 2.32 bits per heavy atom. The van der Waals surface area contributed by atoms with E-state index in [1.54, 1.807) is 24.7 Å². The van der Waals surface area contributed by atoms with Crippen molar-refractivity contribution in [2.24, 2.45) is 0 Å². The summed E-state index contributed by atoms with van der Waals surface area (Å²) in [6.45, 7) is 0.824. The molecule has 0 amide bonds. The maximum atomic E-state index is 4.41. The van der Waals surface area contributed by atoms with Crippen molar-refractivity contribution in [2.75, 3.05) is 24.2 Å². The fraction of sp³-hybridized carbons (Fsp3) is 0.250. The first-order chi connectivity index (χ1) is 9.36. The molecule has 0 unspecified atom stereocenters. The highest BCUT2D eigenvalue weighted by Gasteiger charge is 2.08. The first kappa shape index (κ1) is 11.9. The minimum atomic E-state index is 0.567. The monoisotopic (exact) mass is 274 g/mol. The Morgan fingerprint density at radius 3 is 3.11 bits per heavy atom. The molecule has 3 aromatic rings. The number of hydrogen-bond acceptors (Lipinski definition) is 6. The molecule has 0 saturated heterocycles. The van der Waals surface area contributed by atoms with Gasteiger partial charge in [-0.25, -0.2) is 4.98 Å². The Kier molecular flexibility index (Phi) is 3.28. The molecule has 0 bridgehead atoms. The first-order valence-corrected chi connectivity index (χ1v) is 6.95. The highest BCUT2D eigenvalue weighted by atomic mass is 32.1. The fourth-order valence-corrected chi connectivity index (χ4v) is 2.54. The summed E-state index contributed by atoms with van der Waals surface area (Å²) in [4.78, 5) is 15.9. The number of fused-ring (bicyclic) bond motifs is 1. The Hall–Kier alpha value is -2.15. The second-order valence-electron chi connectivity index (χ2n) is 4.06. The molecule has 0 aliphatic heterocycles. The lowest BCUT2D eigenvalue weighted by atomic mass is 10.2. The maximum Gasteiger partial charge on any atom is 0.226 e. The highest BCUT2D eigenvalue weighted by Crippen LogP contribution is 2.18. The van der Waals surface area contributed by atoms with Gasteiger partial charge in [-0.2, -0.15) is 21.3 Å². The molecule has 0 radical (unpaired) electrons. The van der Waals surface area contributed by atoms with Crippen molar-refractivity contribution < 1.29 is 0 Å². The summed E-state index contributed by atoms with van der Waals surface area (Å²) in [5, 5.41) is 10.5. The van der Waals surface area contributed by atoms with Crippen molar-refractivity contribution in [3.63, 3.8) is 0 Å². The average molecular weight is 274 g/mol. The van der Waals surface area contributed by atoms with Gasteiger partial charge in [0.05, 0.1) is 6.33 Å². The van der Waals surface area contributed by atoms with Gasteiger partial charge in [-0.05, 0) is 28.8 Å². The summed E-state index contributed by atoms with van der Waals surface area (Å²) in [5.74, 6) is 1.35. The Bertz CT molecular complexity index is 660. The number of aromatic amines is 1. The largest absolute Gasteiger partial charge is 0.368 e. The number of nitrogens with zero attached hydrogens (tertiary/aromatic N) is 3. The van der Waals surface area contributed by atoms with Crippen LogP contribution in [-0.4, -0.2) is 33.5 Å². The maximum absolute atomic E-state index is 4.41. The molecule has 0 aliphatic rings. The van der Waals surface area contributed by atoms with Crippen molar-refractivity contribution in [1.82, 2.24) is 19.9 Å². The van der Waals surface area contributed by atoms with Crippen molar-refractivity contribution >= 4 is 34.3 Å². The van der Waals surface area contributed by atoms with Crippen molar-refractivity contribution in [1.29, 1.82) is 0 Å². The topological polar surface area (TPSA) is 78.5 Å². The second-order valence-corrected chi connectivity index (χ2v) is 4.84. The molecule has 0 saturated carbocycles. The number of imidazole rings is 1. The summed E-state index contributed by atoms with van der Waals surface area (Å²) in [6.07, 6.45) is 2.60. The van der Waals surface area contributed by atoms with E-state index >= 15 is 0 Å². The summed E-state index contributed by atoms with van der Waals surface area (Å²) in [6, 6.07) is 2.14. The van der Waals surface area contributed by atoms with Crippen LogP contribution in [0.1, 0.15) is 5.56 Å². The van der Waals surface area contributed by atoms with E-state index < -0.39 is 0 Å². The second kappa shape index (κ2) is 5.23. The predicted octanol–water partition coefficient (Wildman–Crippen LogP) is 2.11. The Morgan fingerprint density at radius 1 is 1.37 bits per heavy atom. The van der Waals surface area contributed by atoms with E-state index in [2.05, 4.69) is 47.4 Å². The van der Waals surface area contributed by atoms with E-state index in [-0.39, 0.29) is 0 Å². The van der Waals surface area contributed by atoms with Crippen LogP contribution < -0.4 is 10.6 Å². The Balaban J connectivity index is 1.77. The van der Waals surface area contributed by atoms with Gasteiger partial charge >= 0.3 is 0 Å². The zero-order chi connectivity index (χ0) is 13.1. The van der Waals surface area contributed by atoms with Gasteiger partial charge in [-0.1, -0.05) is 0 Å². The fourth-order valence-electron chi connectivity index (χ4n) is 1.83. The van der Waals surface area contributed by atoms with Gasteiger partial charge in [-0.3, -0.25) is 0 Å². The van der Waals surface area contributed by atoms with Crippen LogP contribution in [0.4, 0.5) is 11.8 Å². The molecular formula is C12H14N6S. The third kappa shape index (κ3) is 2.50. The van der Waals surface area contributed by atoms with Gasteiger partial charge in [-0.15, -0.1) is 0 Å². The summed E-state index contributed by atoms with van der Waals surface area (Å²) < 4.78 is 0. The van der Waals surface area contributed by atoms with Crippen LogP contribution in [0.25, 0.3) is 11.2 Å². The molecule has 7 heteroatoms. The van der Waals surface area contributed by atoms with Crippen LogP contribution in [0.15, 0.2) is 23.2 Å². The lowest BCUT2D eigenvalue weighted by molar-refractivity contribution is 1.01. The zero-order valence-electron chi connectivity index (χ0n) is 10.5. The highest BCUT2D eigenvalue weighted by molar-refractivity contribution is 7.07. The number of anilines is 2. The van der Waals surface area contributed by atoms with E-state index in [4.69, 9.17) is 0 Å². The number of hydrogen-bond donors (Lipinski definition) is 3. The molecule has 3 N–H and O–H groups in total. The standard InChI is InChI=1S/C12H14N6S/c1-13-12-17-10(9-11(18-12)16-7-15-9)14-4-2-8-3-5-19-6-8/h3,5-7H,2,4H2,1H3,(H3,13,14,15,16,17,18). The molecule has 0 aliphatic carbocycles. The zero-order valence-corrected chi connectivity index (χ0v) is 11.3. The number of thiophene rings is 1. The van der Waals surface area contributed by atoms with Crippen molar-refractivity contribution in [2.45, 2.75) is 6.42 Å². The minimum absolute atomic E-state index is 0.567. The quantitative estimate of drug-likeness (QED) is 0.664. The third-order valence-electron chi connectivity index (χ3n) is 2.80. The van der Waals surface area contributed by atoms with Crippen molar-refractivity contribution in [3.8, 4) is 0 Å². The van der Waals surface area contributed by atoms with Crippen LogP contribution >= 0.6 is 11.3 Å². The van der Waals surface area contributed by atoms with Gasteiger partial charge < -0.3 is 15.6 Å². The lowest BCUT2D eigenvalue weighted by Gasteiger charge is -2.07. The molecule has 3 aromatic heterocycles. The molecule has 0 fully saturated rings. The lowest BCUT2D eigenvalue weighted by Crippen LogP contribution is -2.08. The van der Waals surface area contributed by atoms with Crippen LogP contribution in [0, 0.1) is 0 Å². The van der Waals surface area contributed by atoms with Crippen LogP contribution in [0.2, 0.25) is 0 Å². The molecule has 3 heterocycles. The molecule has 0 spiro atoms. The van der Waals surface area contributed by atoms with Gasteiger partial charge in [0.25, 0.3) is 0 Å². The van der Waals surface area contributed by atoms with E-state index in [0.717, 1.165) is 24.3 Å². The smallest absolute Gasteiger partial charge is 0.226 e. The summed E-state index contributed by atoms with van der Waals surface area (Å²) in [7, 11) is 1.79. The van der Waals surface area contributed by atoms with Gasteiger partial charge in [0.2, 0.25) is 5.95 Å². The van der Waals surface area contributed by atoms with E-state index in [1.807, 2.05) is 0 Å². The molecule has 0 atom stereocenters. The van der Waals surface area contributed by atoms with E-state index in [0.29, 0.717) is 11.6 Å². The van der Waals surface area contributed by atoms with Gasteiger partial charge in [0.1, 0.15) is 5.52 Å².